The van der Waals surface area contributed by atoms with Crippen LogP contribution in [-0.4, -0.2) is 22.1 Å². The summed E-state index contributed by atoms with van der Waals surface area (Å²) in [6, 6.07) is 5.24. The number of hydrogen-bond acceptors (Lipinski definition) is 5. The molecular weight excluding hydrogens is 220 g/mol. The van der Waals surface area contributed by atoms with Crippen LogP contribution in [0, 0.1) is 0 Å². The van der Waals surface area contributed by atoms with Crippen molar-refractivity contribution in [3.05, 3.63) is 30.1 Å². The molecule has 6 nitrogen and oxygen atoms in total. The molecule has 1 heterocycles. The molecule has 2 rings (SSSR count). The Morgan fingerprint density at radius 2 is 2.18 bits per heavy atom. The molecule has 0 saturated carbocycles. The van der Waals surface area contributed by atoms with Crippen molar-refractivity contribution in [1.82, 2.24) is 15.0 Å². The van der Waals surface area contributed by atoms with Crippen LogP contribution in [0.5, 0.6) is 11.5 Å². The van der Waals surface area contributed by atoms with Gasteiger partial charge in [-0.25, -0.2) is 0 Å². The van der Waals surface area contributed by atoms with Crippen molar-refractivity contribution in [3.8, 4) is 11.5 Å². The number of nitrogens with two attached hydrogens (primary N) is 1. The highest BCUT2D eigenvalue weighted by molar-refractivity contribution is 5.51. The molecule has 0 aliphatic carbocycles. The summed E-state index contributed by atoms with van der Waals surface area (Å²) in [5.74, 6) is 1.24. The van der Waals surface area contributed by atoms with E-state index in [-0.39, 0.29) is 0 Å². The zero-order valence-electron chi connectivity index (χ0n) is 9.75. The van der Waals surface area contributed by atoms with Crippen molar-refractivity contribution in [2.45, 2.75) is 6.61 Å². The van der Waals surface area contributed by atoms with E-state index in [9.17, 15) is 0 Å². The first-order valence-corrected chi connectivity index (χ1v) is 5.10. The minimum absolute atomic E-state index is 0.341. The number of benzene rings is 1. The Bertz CT molecular complexity index is 510. The minimum atomic E-state index is 0.341. The third kappa shape index (κ3) is 2.66. The maximum atomic E-state index is 5.65. The predicted molar refractivity (Wildman–Crippen MR) is 62.7 cm³/mol. The molecule has 0 amide bonds. The number of aromatic nitrogens is 3. The fraction of sp³-hybridized carbons (Fsp3) is 0.273. The molecule has 0 aliphatic heterocycles. The molecule has 2 aromatic rings. The normalized spacial score (nSPS) is 10.2. The van der Waals surface area contributed by atoms with E-state index in [0.717, 1.165) is 5.69 Å². The van der Waals surface area contributed by atoms with Crippen LogP contribution in [-0.2, 0) is 13.7 Å². The van der Waals surface area contributed by atoms with Crippen molar-refractivity contribution in [2.24, 2.45) is 7.05 Å². The molecule has 0 aliphatic rings. The molecule has 1 aromatic heterocycles. The van der Waals surface area contributed by atoms with E-state index in [1.165, 1.54) is 0 Å². The van der Waals surface area contributed by atoms with Crippen LogP contribution in [0.15, 0.2) is 24.4 Å². The first-order chi connectivity index (χ1) is 8.19. The van der Waals surface area contributed by atoms with Gasteiger partial charge in [-0.05, 0) is 12.1 Å². The molecule has 0 radical (unpaired) electrons. The fourth-order valence-electron chi connectivity index (χ4n) is 1.42. The number of ether oxygens (including phenoxy) is 2. The van der Waals surface area contributed by atoms with Crippen LogP contribution in [0.2, 0.25) is 0 Å². The Morgan fingerprint density at radius 3 is 2.82 bits per heavy atom. The van der Waals surface area contributed by atoms with Gasteiger partial charge in [0.05, 0.1) is 13.3 Å². The summed E-state index contributed by atoms with van der Waals surface area (Å²) in [4.78, 5) is 0. The van der Waals surface area contributed by atoms with Gasteiger partial charge in [0.15, 0.2) is 11.5 Å². The highest BCUT2D eigenvalue weighted by Crippen LogP contribution is 2.29. The standard InChI is InChI=1S/C11H14N4O2/c1-15-6-9(13-14-15)7-17-10-4-3-8(12)5-11(10)16-2/h3-6H,7,12H2,1-2H3. The number of aryl methyl sites for hydroxylation is 1. The molecule has 0 atom stereocenters. The van der Waals surface area contributed by atoms with Crippen molar-refractivity contribution < 1.29 is 9.47 Å². The Hall–Kier alpha value is -2.24. The minimum Gasteiger partial charge on any atom is -0.493 e. The molecule has 0 spiro atoms. The maximum Gasteiger partial charge on any atom is 0.162 e. The first-order valence-electron chi connectivity index (χ1n) is 5.10. The van der Waals surface area contributed by atoms with Crippen LogP contribution < -0.4 is 15.2 Å². The summed E-state index contributed by atoms with van der Waals surface area (Å²) in [6.45, 7) is 0.341. The zero-order chi connectivity index (χ0) is 12.3. The zero-order valence-corrected chi connectivity index (χ0v) is 9.75. The maximum absolute atomic E-state index is 5.65. The van der Waals surface area contributed by atoms with Crippen LogP contribution in [0.3, 0.4) is 0 Å². The Labute approximate surface area is 98.9 Å². The summed E-state index contributed by atoms with van der Waals surface area (Å²) in [5, 5.41) is 7.75. The molecule has 0 bridgehead atoms. The lowest BCUT2D eigenvalue weighted by Crippen LogP contribution is -1.98. The average molecular weight is 234 g/mol. The third-order valence-corrected chi connectivity index (χ3v) is 2.21. The molecule has 1 aromatic carbocycles. The SMILES string of the molecule is COc1cc(N)ccc1OCc1cn(C)nn1. The van der Waals surface area contributed by atoms with Crippen LogP contribution in [0.4, 0.5) is 5.69 Å². The van der Waals surface area contributed by atoms with Gasteiger partial charge in [-0.15, -0.1) is 5.10 Å². The monoisotopic (exact) mass is 234 g/mol. The Balaban J connectivity index is 2.08. The van der Waals surface area contributed by atoms with Gasteiger partial charge in [-0.1, -0.05) is 5.21 Å². The van der Waals surface area contributed by atoms with E-state index in [1.54, 1.807) is 43.2 Å². The van der Waals surface area contributed by atoms with E-state index in [0.29, 0.717) is 23.8 Å². The van der Waals surface area contributed by atoms with E-state index >= 15 is 0 Å². The molecule has 2 N–H and O–H groups in total. The lowest BCUT2D eigenvalue weighted by molar-refractivity contribution is 0.280. The molecule has 17 heavy (non-hydrogen) atoms. The average Bonchev–Trinajstić information content (AvgIpc) is 2.73. The third-order valence-electron chi connectivity index (χ3n) is 2.21. The van der Waals surface area contributed by atoms with Crippen molar-refractivity contribution >= 4 is 5.69 Å². The van der Waals surface area contributed by atoms with Gasteiger partial charge >= 0.3 is 0 Å². The Kier molecular flexibility index (Phi) is 3.13. The summed E-state index contributed by atoms with van der Waals surface area (Å²) in [5.41, 5.74) is 7.04. The predicted octanol–water partition coefficient (Wildman–Crippen LogP) is 0.985. The lowest BCUT2D eigenvalue weighted by atomic mass is 10.3. The fourth-order valence-corrected chi connectivity index (χ4v) is 1.42. The second kappa shape index (κ2) is 4.73. The molecule has 0 fully saturated rings. The Morgan fingerprint density at radius 1 is 1.35 bits per heavy atom. The van der Waals surface area contributed by atoms with Gasteiger partial charge in [0.1, 0.15) is 12.3 Å². The van der Waals surface area contributed by atoms with Crippen LogP contribution >= 0.6 is 0 Å². The van der Waals surface area contributed by atoms with Crippen molar-refractivity contribution in [3.63, 3.8) is 0 Å². The summed E-state index contributed by atoms with van der Waals surface area (Å²) < 4.78 is 12.4. The van der Waals surface area contributed by atoms with Gasteiger partial charge in [-0.3, -0.25) is 4.68 Å². The van der Waals surface area contributed by atoms with Gasteiger partial charge in [0.2, 0.25) is 0 Å². The van der Waals surface area contributed by atoms with E-state index in [1.807, 2.05) is 0 Å². The molecule has 90 valence electrons. The van der Waals surface area contributed by atoms with E-state index < -0.39 is 0 Å². The number of anilines is 1. The van der Waals surface area contributed by atoms with Crippen LogP contribution in [0.1, 0.15) is 5.69 Å². The quantitative estimate of drug-likeness (QED) is 0.798. The number of rotatable bonds is 4. The summed E-state index contributed by atoms with van der Waals surface area (Å²) in [6.07, 6.45) is 1.80. The lowest BCUT2D eigenvalue weighted by Gasteiger charge is -2.09. The van der Waals surface area contributed by atoms with Gasteiger partial charge in [0, 0.05) is 18.8 Å². The highest BCUT2D eigenvalue weighted by Gasteiger charge is 2.06. The topological polar surface area (TPSA) is 75.2 Å². The van der Waals surface area contributed by atoms with Crippen molar-refractivity contribution in [2.75, 3.05) is 12.8 Å². The molecule has 0 saturated heterocycles. The van der Waals surface area contributed by atoms with Gasteiger partial charge in [0.25, 0.3) is 0 Å². The number of methoxy groups -OCH3 is 1. The largest absolute Gasteiger partial charge is 0.493 e. The molecule has 0 unspecified atom stereocenters. The number of hydrogen-bond donors (Lipinski definition) is 1. The second-order valence-corrected chi connectivity index (χ2v) is 3.58. The second-order valence-electron chi connectivity index (χ2n) is 3.58. The van der Waals surface area contributed by atoms with E-state index in [2.05, 4.69) is 10.3 Å². The van der Waals surface area contributed by atoms with Crippen LogP contribution in [0.25, 0.3) is 0 Å². The van der Waals surface area contributed by atoms with E-state index in [4.69, 9.17) is 15.2 Å². The van der Waals surface area contributed by atoms with Gasteiger partial charge < -0.3 is 15.2 Å². The van der Waals surface area contributed by atoms with Gasteiger partial charge in [-0.2, -0.15) is 0 Å². The summed E-state index contributed by atoms with van der Waals surface area (Å²) in [7, 11) is 3.38. The number of nitrogen functional groups attached to an aromatic ring is 1. The molecular formula is C11H14N4O2. The summed E-state index contributed by atoms with van der Waals surface area (Å²) >= 11 is 0. The molecule has 6 heteroatoms. The number of nitrogens with zero attached hydrogens (tertiary/aromatic N) is 3. The van der Waals surface area contributed by atoms with Crippen molar-refractivity contribution in [1.29, 1.82) is 0 Å². The highest BCUT2D eigenvalue weighted by atomic mass is 16.5. The smallest absolute Gasteiger partial charge is 0.162 e. The first kappa shape index (κ1) is 11.3.